The number of carbonyl (C=O) groups is 1. The number of fused-ring (bicyclic) bond motifs is 1. The van der Waals surface area contributed by atoms with Crippen LogP contribution in [0.1, 0.15) is 10.4 Å². The van der Waals surface area contributed by atoms with Crippen LogP contribution in [-0.4, -0.2) is 5.91 Å². The van der Waals surface area contributed by atoms with E-state index >= 15 is 0 Å². The quantitative estimate of drug-likeness (QED) is 0.724. The van der Waals surface area contributed by atoms with Crippen LogP contribution in [-0.2, 0) is 0 Å². The van der Waals surface area contributed by atoms with E-state index in [9.17, 15) is 4.79 Å². The molecule has 0 bridgehead atoms. The summed E-state index contributed by atoms with van der Waals surface area (Å²) in [6, 6.07) is 19.5. The lowest BCUT2D eigenvalue weighted by atomic mass is 10.1. The monoisotopic (exact) mass is 294 g/mol. The second kappa shape index (κ2) is 5.50. The Morgan fingerprint density at radius 2 is 1.67 bits per heavy atom. The molecule has 0 aliphatic rings. The minimum atomic E-state index is -0.449. The van der Waals surface area contributed by atoms with Gasteiger partial charge < -0.3 is 11.5 Å². The summed E-state index contributed by atoms with van der Waals surface area (Å²) in [5.41, 5.74) is 12.4. The van der Waals surface area contributed by atoms with Gasteiger partial charge in [0.15, 0.2) is 0 Å². The lowest BCUT2D eigenvalue weighted by Crippen LogP contribution is -2.11. The summed E-state index contributed by atoms with van der Waals surface area (Å²) < 4.78 is 0. The lowest BCUT2D eigenvalue weighted by Gasteiger charge is -2.08. The van der Waals surface area contributed by atoms with E-state index in [2.05, 4.69) is 24.3 Å². The molecule has 4 heteroatoms. The van der Waals surface area contributed by atoms with Crippen molar-refractivity contribution in [2.24, 2.45) is 5.73 Å². The van der Waals surface area contributed by atoms with Gasteiger partial charge in [0.1, 0.15) is 0 Å². The van der Waals surface area contributed by atoms with Crippen LogP contribution in [0, 0.1) is 0 Å². The van der Waals surface area contributed by atoms with Gasteiger partial charge in [-0.05, 0) is 41.1 Å². The second-order valence-electron chi connectivity index (χ2n) is 4.73. The van der Waals surface area contributed by atoms with E-state index in [1.807, 2.05) is 18.2 Å². The first-order valence-corrected chi connectivity index (χ1v) is 7.31. The lowest BCUT2D eigenvalue weighted by molar-refractivity contribution is 0.1000. The summed E-state index contributed by atoms with van der Waals surface area (Å²) in [4.78, 5) is 13.2. The van der Waals surface area contributed by atoms with E-state index in [-0.39, 0.29) is 0 Å². The van der Waals surface area contributed by atoms with Crippen molar-refractivity contribution in [2.75, 3.05) is 5.73 Å². The number of amides is 1. The number of nitrogen functional groups attached to an aromatic ring is 1. The maximum absolute atomic E-state index is 11.3. The molecule has 0 radical (unpaired) electrons. The number of primary amides is 1. The highest BCUT2D eigenvalue weighted by Crippen LogP contribution is 2.34. The van der Waals surface area contributed by atoms with Crippen molar-refractivity contribution < 1.29 is 4.79 Å². The summed E-state index contributed by atoms with van der Waals surface area (Å²) in [6.07, 6.45) is 0. The summed E-state index contributed by atoms with van der Waals surface area (Å²) >= 11 is 1.53. The molecular formula is C17H14N2OS. The van der Waals surface area contributed by atoms with Gasteiger partial charge in [-0.3, -0.25) is 4.79 Å². The van der Waals surface area contributed by atoms with Crippen molar-refractivity contribution in [1.29, 1.82) is 0 Å². The van der Waals surface area contributed by atoms with Crippen LogP contribution >= 0.6 is 11.8 Å². The molecular weight excluding hydrogens is 280 g/mol. The van der Waals surface area contributed by atoms with Gasteiger partial charge in [0.05, 0.1) is 0 Å². The molecule has 0 unspecified atom stereocenters. The zero-order valence-electron chi connectivity index (χ0n) is 11.2. The third-order valence-corrected chi connectivity index (χ3v) is 4.31. The predicted octanol–water partition coefficient (Wildman–Crippen LogP) is 3.67. The number of carbonyl (C=O) groups excluding carboxylic acids is 1. The van der Waals surface area contributed by atoms with Crippen molar-refractivity contribution >= 4 is 34.1 Å². The summed E-state index contributed by atoms with van der Waals surface area (Å²) in [6.45, 7) is 0. The normalized spacial score (nSPS) is 10.7. The van der Waals surface area contributed by atoms with Gasteiger partial charge in [0.2, 0.25) is 5.91 Å². The zero-order chi connectivity index (χ0) is 14.8. The first-order chi connectivity index (χ1) is 10.1. The van der Waals surface area contributed by atoms with Gasteiger partial charge in [0, 0.05) is 21.0 Å². The molecule has 3 aromatic carbocycles. The summed E-state index contributed by atoms with van der Waals surface area (Å²) in [5, 5.41) is 2.37. The van der Waals surface area contributed by atoms with Crippen LogP contribution in [0.5, 0.6) is 0 Å². The van der Waals surface area contributed by atoms with Crippen molar-refractivity contribution in [3.63, 3.8) is 0 Å². The van der Waals surface area contributed by atoms with Crippen LogP contribution in [0.15, 0.2) is 70.5 Å². The largest absolute Gasteiger partial charge is 0.398 e. The van der Waals surface area contributed by atoms with Crippen molar-refractivity contribution in [3.05, 3.63) is 66.2 Å². The van der Waals surface area contributed by atoms with Gasteiger partial charge in [-0.2, -0.15) is 0 Å². The zero-order valence-corrected chi connectivity index (χ0v) is 12.1. The predicted molar refractivity (Wildman–Crippen MR) is 87.4 cm³/mol. The van der Waals surface area contributed by atoms with E-state index in [0.29, 0.717) is 11.3 Å². The fourth-order valence-corrected chi connectivity index (χ4v) is 3.08. The highest BCUT2D eigenvalue weighted by atomic mass is 32.2. The van der Waals surface area contributed by atoms with Crippen LogP contribution in [0.3, 0.4) is 0 Å². The average Bonchev–Trinajstić information content (AvgIpc) is 2.49. The molecule has 0 aliphatic carbocycles. The number of anilines is 1. The first kappa shape index (κ1) is 13.5. The van der Waals surface area contributed by atoms with E-state index in [0.717, 1.165) is 9.79 Å². The Bertz CT molecular complexity index is 830. The van der Waals surface area contributed by atoms with Crippen molar-refractivity contribution in [2.45, 2.75) is 9.79 Å². The van der Waals surface area contributed by atoms with Gasteiger partial charge in [-0.15, -0.1) is 0 Å². The Balaban J connectivity index is 1.98. The molecule has 0 fully saturated rings. The molecule has 3 rings (SSSR count). The fraction of sp³-hybridized carbons (Fsp3) is 0. The minimum Gasteiger partial charge on any atom is -0.398 e. The van der Waals surface area contributed by atoms with Gasteiger partial charge in [-0.1, -0.05) is 42.1 Å². The third kappa shape index (κ3) is 2.85. The molecule has 0 saturated heterocycles. The molecule has 3 nitrogen and oxygen atoms in total. The van der Waals surface area contributed by atoms with Crippen molar-refractivity contribution in [3.8, 4) is 0 Å². The number of hydrogen-bond acceptors (Lipinski definition) is 3. The molecule has 21 heavy (non-hydrogen) atoms. The second-order valence-corrected chi connectivity index (χ2v) is 5.84. The van der Waals surface area contributed by atoms with Gasteiger partial charge in [0.25, 0.3) is 0 Å². The van der Waals surface area contributed by atoms with Crippen molar-refractivity contribution in [1.82, 2.24) is 0 Å². The molecule has 0 aliphatic heterocycles. The topological polar surface area (TPSA) is 69.1 Å². The summed E-state index contributed by atoms with van der Waals surface area (Å²) in [7, 11) is 0. The maximum Gasteiger partial charge on any atom is 0.248 e. The molecule has 0 heterocycles. The molecule has 1 amide bonds. The molecule has 104 valence electrons. The van der Waals surface area contributed by atoms with E-state index in [4.69, 9.17) is 11.5 Å². The minimum absolute atomic E-state index is 0.449. The maximum atomic E-state index is 11.3. The SMILES string of the molecule is NC(=O)c1ccc(N)c(Sc2ccc3ccccc3c2)c1. The molecule has 0 atom stereocenters. The highest BCUT2D eigenvalue weighted by Gasteiger charge is 2.07. The molecule has 3 aromatic rings. The van der Waals surface area contributed by atoms with E-state index in [1.54, 1.807) is 18.2 Å². The Kier molecular flexibility index (Phi) is 3.54. The molecule has 0 spiro atoms. The van der Waals surface area contributed by atoms with E-state index < -0.39 is 5.91 Å². The fourth-order valence-electron chi connectivity index (χ4n) is 2.13. The average molecular weight is 294 g/mol. The van der Waals surface area contributed by atoms with Gasteiger partial charge in [-0.25, -0.2) is 0 Å². The Hall–Kier alpha value is -2.46. The van der Waals surface area contributed by atoms with E-state index in [1.165, 1.54) is 22.5 Å². The number of nitrogens with two attached hydrogens (primary N) is 2. The smallest absolute Gasteiger partial charge is 0.248 e. The highest BCUT2D eigenvalue weighted by molar-refractivity contribution is 7.99. The third-order valence-electron chi connectivity index (χ3n) is 3.25. The van der Waals surface area contributed by atoms with Crippen LogP contribution in [0.25, 0.3) is 10.8 Å². The Morgan fingerprint density at radius 1 is 0.905 bits per heavy atom. The van der Waals surface area contributed by atoms with Gasteiger partial charge >= 0.3 is 0 Å². The molecule has 0 saturated carbocycles. The van der Waals surface area contributed by atoms with Crippen LogP contribution in [0.2, 0.25) is 0 Å². The number of hydrogen-bond donors (Lipinski definition) is 2. The molecule has 4 N–H and O–H groups in total. The van der Waals surface area contributed by atoms with Crippen LogP contribution in [0.4, 0.5) is 5.69 Å². The molecule has 0 aromatic heterocycles. The summed E-state index contributed by atoms with van der Waals surface area (Å²) in [5.74, 6) is -0.449. The number of benzene rings is 3. The Labute approximate surface area is 126 Å². The first-order valence-electron chi connectivity index (χ1n) is 6.49. The number of rotatable bonds is 3. The standard InChI is InChI=1S/C17H14N2OS/c18-15-8-6-13(17(19)20)10-16(15)21-14-7-5-11-3-1-2-4-12(11)9-14/h1-10H,18H2,(H2,19,20). The Morgan fingerprint density at radius 3 is 2.43 bits per heavy atom. The van der Waals surface area contributed by atoms with Crippen LogP contribution < -0.4 is 11.5 Å².